The molecule has 4 rings (SSSR count). The average molecular weight is 372 g/mol. The maximum atomic E-state index is 12.3. The lowest BCUT2D eigenvalue weighted by Gasteiger charge is -2.35. The van der Waals surface area contributed by atoms with Gasteiger partial charge in [0.2, 0.25) is 5.95 Å². The summed E-state index contributed by atoms with van der Waals surface area (Å²) < 4.78 is 11.7. The van der Waals surface area contributed by atoms with Crippen molar-refractivity contribution in [3.63, 3.8) is 0 Å². The molecule has 1 saturated carbocycles. The van der Waals surface area contributed by atoms with Crippen LogP contribution in [0.1, 0.15) is 63.9 Å². The zero-order valence-electron chi connectivity index (χ0n) is 16.1. The number of aromatic nitrogens is 3. The fraction of sp³-hybridized carbons (Fsp3) is 0.650. The maximum absolute atomic E-state index is 12.3. The second kappa shape index (κ2) is 7.56. The quantitative estimate of drug-likeness (QED) is 0.837. The third-order valence-corrected chi connectivity index (χ3v) is 5.76. The number of H-pyrrole nitrogens is 1. The van der Waals surface area contributed by atoms with Crippen LogP contribution in [0, 0.1) is 0 Å². The molecule has 1 saturated heterocycles. The van der Waals surface area contributed by atoms with Gasteiger partial charge in [0.15, 0.2) is 5.79 Å². The Morgan fingerprint density at radius 3 is 2.78 bits per heavy atom. The summed E-state index contributed by atoms with van der Waals surface area (Å²) in [6.45, 7) is 5.65. The van der Waals surface area contributed by atoms with E-state index in [2.05, 4.69) is 29.1 Å². The second-order valence-corrected chi connectivity index (χ2v) is 7.74. The van der Waals surface area contributed by atoms with Gasteiger partial charge in [-0.3, -0.25) is 4.79 Å². The van der Waals surface area contributed by atoms with E-state index in [0.29, 0.717) is 36.5 Å². The Morgan fingerprint density at radius 1 is 1.33 bits per heavy atom. The Bertz CT molecular complexity index is 850. The van der Waals surface area contributed by atoms with Gasteiger partial charge >= 0.3 is 0 Å². The van der Waals surface area contributed by atoms with Crippen LogP contribution < -0.4 is 10.9 Å². The number of fused-ring (bicyclic) bond motifs is 1. The molecule has 2 aliphatic rings. The summed E-state index contributed by atoms with van der Waals surface area (Å²) in [6.07, 6.45) is 9.29. The molecule has 3 heterocycles. The van der Waals surface area contributed by atoms with E-state index < -0.39 is 0 Å². The van der Waals surface area contributed by atoms with Gasteiger partial charge in [-0.1, -0.05) is 13.3 Å². The molecular formula is C20H28N4O3. The molecule has 1 atom stereocenters. The smallest absolute Gasteiger partial charge is 0.258 e. The first-order chi connectivity index (χ1) is 13.1. The van der Waals surface area contributed by atoms with Gasteiger partial charge in [-0.05, 0) is 37.7 Å². The van der Waals surface area contributed by atoms with E-state index in [1.807, 2.05) is 6.20 Å². The highest BCUT2D eigenvalue weighted by molar-refractivity contribution is 5.81. The van der Waals surface area contributed by atoms with E-state index in [-0.39, 0.29) is 11.3 Å². The van der Waals surface area contributed by atoms with Crippen molar-refractivity contribution in [2.45, 2.75) is 70.1 Å². The third kappa shape index (κ3) is 3.71. The van der Waals surface area contributed by atoms with E-state index in [1.165, 1.54) is 0 Å². The summed E-state index contributed by atoms with van der Waals surface area (Å²) in [5.41, 5.74) is 1.71. The monoisotopic (exact) mass is 372 g/mol. The summed E-state index contributed by atoms with van der Waals surface area (Å²) in [5.74, 6) is 0.537. The molecule has 1 unspecified atom stereocenters. The Hall–Kier alpha value is -1.99. The molecule has 0 aromatic carbocycles. The Labute approximate surface area is 158 Å². The number of anilines is 1. The Kier molecular flexibility index (Phi) is 5.14. The van der Waals surface area contributed by atoms with Gasteiger partial charge in [0, 0.05) is 31.3 Å². The zero-order valence-corrected chi connectivity index (χ0v) is 16.1. The van der Waals surface area contributed by atoms with E-state index in [0.717, 1.165) is 49.6 Å². The molecule has 0 amide bonds. The van der Waals surface area contributed by atoms with Crippen LogP contribution in [0.25, 0.3) is 10.9 Å². The van der Waals surface area contributed by atoms with Crippen molar-refractivity contribution in [2.75, 3.05) is 18.5 Å². The number of nitrogens with zero attached hydrogens (tertiary/aromatic N) is 2. The SMILES string of the molecule is CCCC(C)Nc1ncc2c(=O)[nH]cc(C3CCC4(CC3)OCCO4)c2n1. The molecule has 146 valence electrons. The first-order valence-electron chi connectivity index (χ1n) is 10.0. The van der Waals surface area contributed by atoms with E-state index >= 15 is 0 Å². The topological polar surface area (TPSA) is 89.1 Å². The van der Waals surface area contributed by atoms with Crippen LogP contribution in [0.5, 0.6) is 0 Å². The molecule has 7 heteroatoms. The molecule has 0 radical (unpaired) electrons. The maximum Gasteiger partial charge on any atom is 0.258 e. The minimum absolute atomic E-state index is 0.142. The van der Waals surface area contributed by atoms with Crippen LogP contribution in [0.2, 0.25) is 0 Å². The zero-order chi connectivity index (χ0) is 18.9. The van der Waals surface area contributed by atoms with Crippen molar-refractivity contribution in [2.24, 2.45) is 0 Å². The summed E-state index contributed by atoms with van der Waals surface area (Å²) in [6, 6.07) is 0.295. The molecule has 2 aromatic rings. The minimum Gasteiger partial charge on any atom is -0.352 e. The van der Waals surface area contributed by atoms with Crippen LogP contribution in [0.15, 0.2) is 17.2 Å². The first-order valence-corrected chi connectivity index (χ1v) is 10.0. The fourth-order valence-corrected chi connectivity index (χ4v) is 4.32. The molecule has 27 heavy (non-hydrogen) atoms. The number of rotatable bonds is 5. The summed E-state index contributed by atoms with van der Waals surface area (Å²) in [7, 11) is 0. The Morgan fingerprint density at radius 2 is 2.07 bits per heavy atom. The standard InChI is InChI=1S/C20H28N4O3/c1-3-4-13(2)23-19-22-12-16-17(24-19)15(11-21-18(16)25)14-5-7-20(8-6-14)26-9-10-27-20/h11-14H,3-10H2,1-2H3,(H,21,25)(H,22,23,24). The lowest BCUT2D eigenvalue weighted by molar-refractivity contribution is -0.178. The number of aromatic amines is 1. The van der Waals surface area contributed by atoms with E-state index in [4.69, 9.17) is 14.5 Å². The second-order valence-electron chi connectivity index (χ2n) is 7.74. The van der Waals surface area contributed by atoms with Crippen LogP contribution in [0.3, 0.4) is 0 Å². The number of hydrogen-bond donors (Lipinski definition) is 2. The molecule has 7 nitrogen and oxygen atoms in total. The van der Waals surface area contributed by atoms with Crippen molar-refractivity contribution in [1.82, 2.24) is 15.0 Å². The van der Waals surface area contributed by atoms with Gasteiger partial charge in [-0.15, -0.1) is 0 Å². The van der Waals surface area contributed by atoms with Gasteiger partial charge < -0.3 is 19.8 Å². The lowest BCUT2D eigenvalue weighted by atomic mass is 9.81. The largest absolute Gasteiger partial charge is 0.352 e. The van der Waals surface area contributed by atoms with Crippen molar-refractivity contribution < 1.29 is 9.47 Å². The van der Waals surface area contributed by atoms with E-state index in [9.17, 15) is 4.79 Å². The molecular weight excluding hydrogens is 344 g/mol. The van der Waals surface area contributed by atoms with Gasteiger partial charge in [0.25, 0.3) is 5.56 Å². The van der Waals surface area contributed by atoms with Crippen molar-refractivity contribution >= 4 is 16.9 Å². The van der Waals surface area contributed by atoms with Crippen LogP contribution >= 0.6 is 0 Å². The molecule has 1 aliphatic heterocycles. The minimum atomic E-state index is -0.383. The predicted octanol–water partition coefficient (Wildman–Crippen LogP) is 3.32. The van der Waals surface area contributed by atoms with Crippen LogP contribution in [-0.4, -0.2) is 40.0 Å². The summed E-state index contributed by atoms with van der Waals surface area (Å²) in [4.78, 5) is 24.2. The highest BCUT2D eigenvalue weighted by Gasteiger charge is 2.41. The van der Waals surface area contributed by atoms with Crippen molar-refractivity contribution in [1.29, 1.82) is 0 Å². The normalized spacial score (nSPS) is 21.0. The summed E-state index contributed by atoms with van der Waals surface area (Å²) >= 11 is 0. The van der Waals surface area contributed by atoms with Gasteiger partial charge in [-0.25, -0.2) is 9.97 Å². The summed E-state index contributed by atoms with van der Waals surface area (Å²) in [5, 5.41) is 3.90. The predicted molar refractivity (Wildman–Crippen MR) is 104 cm³/mol. The van der Waals surface area contributed by atoms with Gasteiger partial charge in [0.05, 0.1) is 24.1 Å². The number of hydrogen-bond acceptors (Lipinski definition) is 6. The first kappa shape index (κ1) is 18.4. The molecule has 2 aromatic heterocycles. The van der Waals surface area contributed by atoms with Crippen LogP contribution in [0.4, 0.5) is 5.95 Å². The molecule has 0 bridgehead atoms. The highest BCUT2D eigenvalue weighted by Crippen LogP contribution is 2.43. The highest BCUT2D eigenvalue weighted by atomic mass is 16.7. The van der Waals surface area contributed by atoms with E-state index in [1.54, 1.807) is 6.20 Å². The number of pyridine rings is 1. The third-order valence-electron chi connectivity index (χ3n) is 5.76. The lowest BCUT2D eigenvalue weighted by Crippen LogP contribution is -2.34. The van der Waals surface area contributed by atoms with Crippen molar-refractivity contribution in [3.05, 3.63) is 28.3 Å². The fourth-order valence-electron chi connectivity index (χ4n) is 4.32. The van der Waals surface area contributed by atoms with Crippen LogP contribution in [-0.2, 0) is 9.47 Å². The molecule has 2 fully saturated rings. The van der Waals surface area contributed by atoms with Gasteiger partial charge in [0.1, 0.15) is 0 Å². The van der Waals surface area contributed by atoms with Crippen molar-refractivity contribution in [3.8, 4) is 0 Å². The molecule has 2 N–H and O–H groups in total. The number of ether oxygens (including phenoxy) is 2. The molecule has 1 aliphatic carbocycles. The molecule has 1 spiro atoms. The Balaban J connectivity index is 1.62. The van der Waals surface area contributed by atoms with Gasteiger partial charge in [-0.2, -0.15) is 0 Å². The average Bonchev–Trinajstić information content (AvgIpc) is 3.11. The number of nitrogens with one attached hydrogen (secondary N) is 2.